The molecule has 0 aliphatic heterocycles. The number of nitrogens with zero attached hydrogens (tertiary/aromatic N) is 4. The van der Waals surface area contributed by atoms with Gasteiger partial charge in [-0.15, -0.1) is 0 Å². The van der Waals surface area contributed by atoms with Crippen LogP contribution in [0.25, 0.3) is 11.6 Å². The van der Waals surface area contributed by atoms with Gasteiger partial charge in [-0.1, -0.05) is 50.2 Å². The van der Waals surface area contributed by atoms with Crippen molar-refractivity contribution >= 4 is 19.9 Å². The fraction of sp³-hybridized carbons (Fsp3) is 0.259. The molecule has 0 spiro atoms. The Kier molecular flexibility index (Phi) is 9.18. The minimum Gasteiger partial charge on any atom is -0.493 e. The maximum absolute atomic E-state index is 10.1. The first-order valence-electron chi connectivity index (χ1n) is 12.4. The highest BCUT2D eigenvalue weighted by molar-refractivity contribution is 7.48. The third kappa shape index (κ3) is 7.06. The summed E-state index contributed by atoms with van der Waals surface area (Å²) < 4.78 is 16.3. The Labute approximate surface area is 242 Å². The minimum atomic E-state index is -4.12. The van der Waals surface area contributed by atoms with Crippen molar-refractivity contribution in [1.29, 1.82) is 0 Å². The molecule has 42 heavy (non-hydrogen) atoms. The molecule has 7 N–H and O–H groups in total. The molecule has 4 rings (SSSR count). The van der Waals surface area contributed by atoms with Crippen LogP contribution in [0.5, 0.6) is 23.1 Å². The van der Waals surface area contributed by atoms with Gasteiger partial charge in [-0.2, -0.15) is 4.98 Å². The Morgan fingerprint density at radius 1 is 0.833 bits per heavy atom. The average molecular weight is 600 g/mol. The molecule has 0 saturated heterocycles. The monoisotopic (exact) mass is 599 g/mol. The lowest BCUT2D eigenvalue weighted by atomic mass is 9.86. The van der Waals surface area contributed by atoms with Gasteiger partial charge < -0.3 is 49.9 Å². The van der Waals surface area contributed by atoms with Crippen LogP contribution in [0.4, 0.5) is 5.82 Å². The van der Waals surface area contributed by atoms with Gasteiger partial charge >= 0.3 is 11.9 Å². The third-order valence-corrected chi connectivity index (χ3v) is 6.93. The molecule has 4 aromatic rings. The number of benzene rings is 2. The Morgan fingerprint density at radius 3 is 2.07 bits per heavy atom. The predicted octanol–water partition coefficient (Wildman–Crippen LogP) is 0.983. The summed E-state index contributed by atoms with van der Waals surface area (Å²) in [5.41, 5.74) is 0.499. The van der Waals surface area contributed by atoms with Gasteiger partial charge in [0.2, 0.25) is 11.6 Å². The maximum Gasteiger partial charge on any atom is 0.410 e. The van der Waals surface area contributed by atoms with Crippen LogP contribution in [0.1, 0.15) is 19.4 Å². The molecule has 1 unspecified atom stereocenters. The highest BCUT2D eigenvalue weighted by Gasteiger charge is 2.51. The van der Waals surface area contributed by atoms with Crippen LogP contribution in [0.2, 0.25) is 0 Å². The van der Waals surface area contributed by atoms with Crippen LogP contribution in [0, 0.1) is 0 Å². The molecule has 0 saturated carbocycles. The maximum atomic E-state index is 10.1. The molecular formula is C27H30N5O9P. The van der Waals surface area contributed by atoms with Crippen LogP contribution in [0.15, 0.2) is 67.0 Å². The fourth-order valence-electron chi connectivity index (χ4n) is 3.43. The summed E-state index contributed by atoms with van der Waals surface area (Å²) >= 11 is 0. The van der Waals surface area contributed by atoms with Gasteiger partial charge in [0.05, 0.1) is 13.7 Å². The normalized spacial score (nSPS) is 12.4. The molecule has 2 heterocycles. The van der Waals surface area contributed by atoms with Gasteiger partial charge in [0.1, 0.15) is 0 Å². The summed E-state index contributed by atoms with van der Waals surface area (Å²) in [6.07, 6.45) is 2.86. The van der Waals surface area contributed by atoms with Crippen LogP contribution in [-0.2, 0) is 5.41 Å². The van der Waals surface area contributed by atoms with Crippen molar-refractivity contribution < 1.29 is 44.8 Å². The highest BCUT2D eigenvalue weighted by Crippen LogP contribution is 2.43. The standard InChI is InChI=1S/C27H30N5O9P/c1-25(2,15-33)16-9-11-17(12-10-16)42-32-21-20(40-19-8-5-4-7-18(19)39-3)24(41-27(37,38)26(34,35)36)31-23(30-21)22-28-13-6-14-29-22/h4-14,33-38,42H,15H2,1-3H3,(H,30,31,32). The summed E-state index contributed by atoms with van der Waals surface area (Å²) in [4.78, 5) is 16.8. The van der Waals surface area contributed by atoms with Crippen molar-refractivity contribution in [2.45, 2.75) is 31.2 Å². The van der Waals surface area contributed by atoms with E-state index in [-0.39, 0.29) is 50.1 Å². The van der Waals surface area contributed by atoms with E-state index in [2.05, 4.69) is 25.0 Å². The van der Waals surface area contributed by atoms with Crippen molar-refractivity contribution in [2.24, 2.45) is 0 Å². The summed E-state index contributed by atoms with van der Waals surface area (Å²) in [5.74, 6) is -8.91. The second-order valence-corrected chi connectivity index (χ2v) is 10.6. The molecule has 14 nitrogen and oxygen atoms in total. The molecule has 0 amide bonds. The van der Waals surface area contributed by atoms with E-state index in [0.717, 1.165) is 10.9 Å². The fourth-order valence-corrected chi connectivity index (χ4v) is 4.20. The van der Waals surface area contributed by atoms with Crippen LogP contribution in [-0.4, -0.2) is 76.2 Å². The Morgan fingerprint density at radius 2 is 1.48 bits per heavy atom. The zero-order valence-electron chi connectivity index (χ0n) is 22.8. The first-order valence-corrected chi connectivity index (χ1v) is 13.4. The summed E-state index contributed by atoms with van der Waals surface area (Å²) in [5, 5.41) is 62.4. The van der Waals surface area contributed by atoms with Crippen LogP contribution < -0.4 is 24.6 Å². The molecule has 2 aromatic heterocycles. The number of aromatic nitrogens is 4. The predicted molar refractivity (Wildman–Crippen MR) is 151 cm³/mol. The van der Waals surface area contributed by atoms with Crippen molar-refractivity contribution in [3.05, 3.63) is 72.6 Å². The van der Waals surface area contributed by atoms with Crippen molar-refractivity contribution in [2.75, 3.05) is 18.8 Å². The number of aliphatic hydroxyl groups is 6. The Hall–Kier alpha value is -4.01. The number of aliphatic hydroxyl groups excluding tert-OH is 1. The molecule has 1 atom stereocenters. The SMILES string of the molecule is COc1ccccc1Oc1c(NPc2ccc(C(C)(C)CO)cc2)nc(-c2ncccn2)nc1OC(O)(O)C(O)(O)O. The molecule has 0 aliphatic carbocycles. The second kappa shape index (κ2) is 12.5. The number of anilines is 1. The Balaban J connectivity index is 1.82. The molecule has 2 aromatic carbocycles. The summed E-state index contributed by atoms with van der Waals surface area (Å²) in [6, 6.07) is 15.6. The van der Waals surface area contributed by atoms with E-state index in [1.165, 1.54) is 19.5 Å². The molecule has 15 heteroatoms. The van der Waals surface area contributed by atoms with Crippen LogP contribution >= 0.6 is 8.73 Å². The summed E-state index contributed by atoms with van der Waals surface area (Å²) in [7, 11) is 1.28. The first-order chi connectivity index (χ1) is 19.8. The smallest absolute Gasteiger partial charge is 0.410 e. The molecular weight excluding hydrogens is 569 g/mol. The molecule has 0 aliphatic rings. The lowest BCUT2D eigenvalue weighted by Gasteiger charge is -2.29. The van der Waals surface area contributed by atoms with E-state index in [4.69, 9.17) is 14.2 Å². The topological polar surface area (TPSA) is 213 Å². The van der Waals surface area contributed by atoms with Gasteiger partial charge in [0.15, 0.2) is 23.1 Å². The average Bonchev–Trinajstić information content (AvgIpc) is 2.97. The first kappa shape index (κ1) is 30.9. The largest absolute Gasteiger partial charge is 0.493 e. The Bertz CT molecular complexity index is 1500. The van der Waals surface area contributed by atoms with Crippen LogP contribution in [0.3, 0.4) is 0 Å². The minimum absolute atomic E-state index is 0.0119. The van der Waals surface area contributed by atoms with Gasteiger partial charge in [-0.25, -0.2) is 15.0 Å². The number of para-hydroxylation sites is 2. The number of hydrogen-bond donors (Lipinski definition) is 7. The van der Waals surface area contributed by atoms with Gasteiger partial charge in [-0.3, -0.25) is 0 Å². The van der Waals surface area contributed by atoms with E-state index in [1.54, 1.807) is 30.3 Å². The number of methoxy groups -OCH3 is 1. The lowest BCUT2D eigenvalue weighted by molar-refractivity contribution is -0.502. The molecule has 0 radical (unpaired) electrons. The van der Waals surface area contributed by atoms with Crippen molar-refractivity contribution in [1.82, 2.24) is 19.9 Å². The molecule has 0 bridgehead atoms. The van der Waals surface area contributed by atoms with E-state index in [1.807, 2.05) is 38.1 Å². The number of hydrogen-bond acceptors (Lipinski definition) is 14. The third-order valence-electron chi connectivity index (χ3n) is 5.94. The zero-order valence-corrected chi connectivity index (χ0v) is 23.8. The number of ether oxygens (including phenoxy) is 3. The lowest BCUT2D eigenvalue weighted by Crippen LogP contribution is -2.58. The quantitative estimate of drug-likeness (QED) is 0.0894. The molecule has 0 fully saturated rings. The van der Waals surface area contributed by atoms with Gasteiger partial charge in [0.25, 0.3) is 5.88 Å². The van der Waals surface area contributed by atoms with E-state index < -0.39 is 23.2 Å². The number of rotatable bonds is 12. The van der Waals surface area contributed by atoms with E-state index >= 15 is 0 Å². The highest BCUT2D eigenvalue weighted by atomic mass is 31.1. The van der Waals surface area contributed by atoms with Crippen molar-refractivity contribution in [3.63, 3.8) is 0 Å². The summed E-state index contributed by atoms with van der Waals surface area (Å²) in [6.45, 7) is 3.81. The van der Waals surface area contributed by atoms with Crippen molar-refractivity contribution in [3.8, 4) is 34.8 Å². The second-order valence-electron chi connectivity index (χ2n) is 9.57. The van der Waals surface area contributed by atoms with Gasteiger partial charge in [-0.05, 0) is 29.1 Å². The van der Waals surface area contributed by atoms with Gasteiger partial charge in [0, 0.05) is 26.5 Å². The number of nitrogens with one attached hydrogen (secondary N) is 1. The van der Waals surface area contributed by atoms with E-state index in [0.29, 0.717) is 0 Å². The van der Waals surface area contributed by atoms with E-state index in [9.17, 15) is 30.6 Å². The molecule has 222 valence electrons. The zero-order chi connectivity index (χ0) is 30.5.